The van der Waals surface area contributed by atoms with Gasteiger partial charge in [-0.15, -0.1) is 11.6 Å². The van der Waals surface area contributed by atoms with E-state index < -0.39 is 51.4 Å². The summed E-state index contributed by atoms with van der Waals surface area (Å²) in [6, 6.07) is 6.37. The lowest BCUT2D eigenvalue weighted by atomic mass is 10.1. The average Bonchev–Trinajstić information content (AvgIpc) is 2.63. The molecule has 0 saturated heterocycles. The molecule has 0 aliphatic rings. The van der Waals surface area contributed by atoms with Crippen molar-refractivity contribution in [1.29, 1.82) is 0 Å². The van der Waals surface area contributed by atoms with Crippen LogP contribution in [0.15, 0.2) is 40.5 Å². The molecule has 0 saturated carbocycles. The molecule has 0 bridgehead atoms. The Kier molecular flexibility index (Phi) is 9.78. The van der Waals surface area contributed by atoms with Gasteiger partial charge in [-0.25, -0.2) is 4.99 Å². The molecule has 0 N–H and O–H groups in total. The number of aliphatic imine (C=N–C) groups is 1. The van der Waals surface area contributed by atoms with Crippen LogP contribution in [0.2, 0.25) is 0 Å². The van der Waals surface area contributed by atoms with Crippen molar-refractivity contribution in [2.24, 2.45) is 4.99 Å². The molecule has 0 spiro atoms. The number of benzene rings is 1. The van der Waals surface area contributed by atoms with Crippen molar-refractivity contribution >= 4 is 39.5 Å². The van der Waals surface area contributed by atoms with Crippen LogP contribution in [0.5, 0.6) is 5.75 Å². The predicted octanol–water partition coefficient (Wildman–Crippen LogP) is 7.75. The molecule has 0 fully saturated rings. The number of rotatable bonds is 7. The molecule has 1 aromatic rings. The van der Waals surface area contributed by atoms with Gasteiger partial charge < -0.3 is 4.74 Å². The topological polar surface area (TPSA) is 21.6 Å². The normalized spacial score (nSPS) is 14.8. The molecule has 0 radical (unpaired) electrons. The van der Waals surface area contributed by atoms with Crippen LogP contribution < -0.4 is 4.74 Å². The third kappa shape index (κ3) is 8.09. The Morgan fingerprint density at radius 1 is 0.970 bits per heavy atom. The van der Waals surface area contributed by atoms with Crippen LogP contribution in [0.1, 0.15) is 5.56 Å². The molecule has 16 heteroatoms. The zero-order chi connectivity index (χ0) is 25.8. The van der Waals surface area contributed by atoms with Crippen LogP contribution in [-0.4, -0.2) is 47.2 Å². The fraction of sp³-hybridized carbons (Fsp3) is 0.471. The van der Waals surface area contributed by atoms with Crippen LogP contribution in [0.25, 0.3) is 0 Å². The highest BCUT2D eigenvalue weighted by Gasteiger charge is 2.66. The molecule has 0 aromatic heterocycles. The molecular formula is C17H12Cl2F11NOS. The second-order valence-electron chi connectivity index (χ2n) is 6.08. The van der Waals surface area contributed by atoms with E-state index in [-0.39, 0.29) is 18.2 Å². The Labute approximate surface area is 193 Å². The highest BCUT2D eigenvalue weighted by Crippen LogP contribution is 2.50. The van der Waals surface area contributed by atoms with Crippen molar-refractivity contribution in [1.82, 2.24) is 0 Å². The summed E-state index contributed by atoms with van der Waals surface area (Å²) < 4.78 is 146. The van der Waals surface area contributed by atoms with Gasteiger partial charge in [-0.05, 0) is 18.1 Å². The summed E-state index contributed by atoms with van der Waals surface area (Å²) >= 11 is 11.4. The number of allylic oxidation sites excluding steroid dienone is 2. The molecule has 1 aromatic carbocycles. The van der Waals surface area contributed by atoms with Gasteiger partial charge in [0.2, 0.25) is 0 Å². The van der Waals surface area contributed by atoms with E-state index in [4.69, 9.17) is 27.9 Å². The first kappa shape index (κ1) is 29.6. The summed E-state index contributed by atoms with van der Waals surface area (Å²) in [4.78, 5) is 2.19. The largest absolute Gasteiger partial charge is 0.496 e. The van der Waals surface area contributed by atoms with Crippen LogP contribution in [-0.2, 0) is 6.42 Å². The van der Waals surface area contributed by atoms with Crippen LogP contribution in [0.4, 0.5) is 48.3 Å². The maximum Gasteiger partial charge on any atom is 0.459 e. The highest BCUT2D eigenvalue weighted by atomic mass is 35.5. The van der Waals surface area contributed by atoms with E-state index in [0.29, 0.717) is 11.3 Å². The van der Waals surface area contributed by atoms with Crippen molar-refractivity contribution in [3.8, 4) is 5.75 Å². The Hall–Kier alpha value is -1.41. The molecule has 33 heavy (non-hydrogen) atoms. The number of methoxy groups -OCH3 is 1. The molecule has 188 valence electrons. The zero-order valence-electron chi connectivity index (χ0n) is 16.0. The molecule has 0 amide bonds. The summed E-state index contributed by atoms with van der Waals surface area (Å²) in [6.45, 7) is 0. The Morgan fingerprint density at radius 3 is 1.94 bits per heavy atom. The summed E-state index contributed by atoms with van der Waals surface area (Å²) in [7, 11) is 1.34. The van der Waals surface area contributed by atoms with Gasteiger partial charge in [0.15, 0.2) is 10.1 Å². The van der Waals surface area contributed by atoms with Crippen molar-refractivity contribution < 1.29 is 53.0 Å². The first-order valence-electron chi connectivity index (χ1n) is 8.29. The monoisotopic (exact) mass is 557 g/mol. The van der Waals surface area contributed by atoms with Gasteiger partial charge >= 0.3 is 24.5 Å². The number of ether oxygens (including phenoxy) is 1. The highest BCUT2D eigenvalue weighted by molar-refractivity contribution is 8.16. The Balaban J connectivity index is 3.31. The molecule has 0 aliphatic carbocycles. The van der Waals surface area contributed by atoms with E-state index in [0.717, 1.165) is 0 Å². The second kappa shape index (κ2) is 10.9. The minimum absolute atomic E-state index is 0.0283. The van der Waals surface area contributed by atoms with Crippen molar-refractivity contribution in [2.45, 2.75) is 36.2 Å². The summed E-state index contributed by atoms with van der Waals surface area (Å²) in [6.07, 6.45) is -20.1. The lowest BCUT2D eigenvalue weighted by Gasteiger charge is -2.25. The van der Waals surface area contributed by atoms with E-state index in [1.54, 1.807) is 24.3 Å². The molecular weight excluding hydrogens is 546 g/mol. The number of hydrogen-bond acceptors (Lipinski definition) is 3. The van der Waals surface area contributed by atoms with E-state index >= 15 is 0 Å². The SMILES string of the molecule is COc1ccccc1CC(Cl)CSC(Cl)=NC(=C(C(F)(F)F)C(F)(F)F)C(F)(F)C(F)(F)F. The fourth-order valence-electron chi connectivity index (χ4n) is 2.30. The molecule has 0 heterocycles. The van der Waals surface area contributed by atoms with Gasteiger partial charge in [-0.1, -0.05) is 41.6 Å². The summed E-state index contributed by atoms with van der Waals surface area (Å²) in [5, 5.41) is -0.935. The summed E-state index contributed by atoms with van der Waals surface area (Å²) in [5.41, 5.74) is -7.22. The number of para-hydroxylation sites is 1. The lowest BCUT2D eigenvalue weighted by Crippen LogP contribution is -2.42. The van der Waals surface area contributed by atoms with E-state index in [2.05, 4.69) is 4.99 Å². The van der Waals surface area contributed by atoms with Crippen LogP contribution in [0, 0.1) is 0 Å². The summed E-state index contributed by atoms with van der Waals surface area (Å²) in [5.74, 6) is -6.64. The third-order valence-electron chi connectivity index (χ3n) is 3.67. The van der Waals surface area contributed by atoms with Crippen LogP contribution >= 0.6 is 35.0 Å². The fourth-order valence-corrected chi connectivity index (χ4v) is 3.52. The molecule has 2 nitrogen and oxygen atoms in total. The minimum atomic E-state index is -6.83. The standard InChI is InChI=1S/C17H12Cl2F11NOS/c1-32-10-5-3-2-4-8(10)6-9(18)7-33-13(19)31-12(14(20,21)17(28,29)30)11(15(22,23)24)16(25,26)27/h2-5,9H,6-7H2,1H3. The number of nitrogens with zero attached hydrogens (tertiary/aromatic N) is 1. The first-order chi connectivity index (χ1) is 14.8. The zero-order valence-corrected chi connectivity index (χ0v) is 18.3. The minimum Gasteiger partial charge on any atom is -0.496 e. The Morgan fingerprint density at radius 2 is 1.48 bits per heavy atom. The van der Waals surface area contributed by atoms with Gasteiger partial charge in [0.1, 0.15) is 11.4 Å². The van der Waals surface area contributed by atoms with Gasteiger partial charge in [0, 0.05) is 11.1 Å². The molecule has 1 atom stereocenters. The number of thioether (sulfide) groups is 1. The molecule has 0 aliphatic heterocycles. The maximum absolute atomic E-state index is 13.6. The molecule has 1 unspecified atom stereocenters. The number of alkyl halides is 12. The van der Waals surface area contributed by atoms with E-state index in [1.165, 1.54) is 7.11 Å². The Bertz CT molecular complexity index is 863. The van der Waals surface area contributed by atoms with Gasteiger partial charge in [-0.3, -0.25) is 0 Å². The van der Waals surface area contributed by atoms with Gasteiger partial charge in [0.25, 0.3) is 0 Å². The van der Waals surface area contributed by atoms with Gasteiger partial charge in [-0.2, -0.15) is 48.3 Å². The van der Waals surface area contributed by atoms with Crippen LogP contribution in [0.3, 0.4) is 0 Å². The van der Waals surface area contributed by atoms with E-state index in [1.807, 2.05) is 0 Å². The predicted molar refractivity (Wildman–Crippen MR) is 102 cm³/mol. The molecule has 1 rings (SSSR count). The van der Waals surface area contributed by atoms with Crippen molar-refractivity contribution in [3.05, 3.63) is 41.1 Å². The second-order valence-corrected chi connectivity index (χ2v) is 8.29. The lowest BCUT2D eigenvalue weighted by molar-refractivity contribution is -0.268. The average molecular weight is 558 g/mol. The maximum atomic E-state index is 13.6. The third-order valence-corrected chi connectivity index (χ3v) is 5.48. The van der Waals surface area contributed by atoms with Gasteiger partial charge in [0.05, 0.1) is 7.11 Å². The van der Waals surface area contributed by atoms with Crippen molar-refractivity contribution in [2.75, 3.05) is 12.9 Å². The smallest absolute Gasteiger partial charge is 0.459 e. The first-order valence-corrected chi connectivity index (χ1v) is 10.1. The number of hydrogen-bond donors (Lipinski definition) is 0. The number of halogens is 13. The van der Waals surface area contributed by atoms with Crippen molar-refractivity contribution in [3.63, 3.8) is 0 Å². The van der Waals surface area contributed by atoms with E-state index in [9.17, 15) is 48.3 Å². The quantitative estimate of drug-likeness (QED) is 0.148.